The van der Waals surface area contributed by atoms with Crippen LogP contribution in [0.15, 0.2) is 62.4 Å². The first kappa shape index (κ1) is 18.5. The SMILES string of the molecule is Cc1ccc(Sc2ccc(NC(=O)Cn3c(C)csc3=O)cc2)c(C)c1. The lowest BCUT2D eigenvalue weighted by Crippen LogP contribution is -2.25. The molecule has 0 radical (unpaired) electrons. The molecule has 0 aliphatic carbocycles. The molecule has 4 nitrogen and oxygen atoms in total. The van der Waals surface area contributed by atoms with E-state index >= 15 is 0 Å². The molecule has 2 aromatic carbocycles. The molecule has 1 amide bonds. The molecule has 0 aliphatic rings. The quantitative estimate of drug-likeness (QED) is 0.698. The number of thiazole rings is 1. The zero-order valence-corrected chi connectivity index (χ0v) is 16.5. The third-order valence-electron chi connectivity index (χ3n) is 3.97. The van der Waals surface area contributed by atoms with E-state index in [2.05, 4.69) is 37.4 Å². The Morgan fingerprint density at radius 3 is 2.46 bits per heavy atom. The zero-order chi connectivity index (χ0) is 18.7. The molecule has 0 saturated heterocycles. The first-order chi connectivity index (χ1) is 12.4. The number of nitrogens with zero attached hydrogens (tertiary/aromatic N) is 1. The molecule has 1 aromatic heterocycles. The van der Waals surface area contributed by atoms with Crippen LogP contribution in [-0.2, 0) is 11.3 Å². The molecular weight excluding hydrogens is 364 g/mol. The van der Waals surface area contributed by atoms with Crippen molar-refractivity contribution in [1.82, 2.24) is 4.57 Å². The van der Waals surface area contributed by atoms with Crippen LogP contribution < -0.4 is 10.2 Å². The number of carbonyl (C=O) groups is 1. The maximum atomic E-state index is 12.2. The second-order valence-corrected chi connectivity index (χ2v) is 8.11. The maximum Gasteiger partial charge on any atom is 0.307 e. The molecule has 6 heteroatoms. The van der Waals surface area contributed by atoms with Crippen molar-refractivity contribution in [2.75, 3.05) is 5.32 Å². The van der Waals surface area contributed by atoms with E-state index in [9.17, 15) is 9.59 Å². The van der Waals surface area contributed by atoms with Gasteiger partial charge in [-0.3, -0.25) is 14.2 Å². The van der Waals surface area contributed by atoms with Gasteiger partial charge in [-0.05, 0) is 56.7 Å². The molecule has 0 atom stereocenters. The van der Waals surface area contributed by atoms with Gasteiger partial charge in [0.2, 0.25) is 5.91 Å². The molecule has 1 N–H and O–H groups in total. The third kappa shape index (κ3) is 4.45. The Kier molecular flexibility index (Phi) is 5.64. The summed E-state index contributed by atoms with van der Waals surface area (Å²) in [5.41, 5.74) is 4.03. The topological polar surface area (TPSA) is 51.1 Å². The van der Waals surface area contributed by atoms with Crippen LogP contribution in [-0.4, -0.2) is 10.5 Å². The second-order valence-electron chi connectivity index (χ2n) is 6.17. The molecule has 3 rings (SSSR count). The van der Waals surface area contributed by atoms with E-state index in [0.717, 1.165) is 27.6 Å². The number of nitrogens with one attached hydrogen (secondary N) is 1. The summed E-state index contributed by atoms with van der Waals surface area (Å²) >= 11 is 2.81. The molecule has 26 heavy (non-hydrogen) atoms. The van der Waals surface area contributed by atoms with Crippen LogP contribution in [0.2, 0.25) is 0 Å². The van der Waals surface area contributed by atoms with Gasteiger partial charge in [-0.25, -0.2) is 0 Å². The lowest BCUT2D eigenvalue weighted by atomic mass is 10.2. The Hall–Kier alpha value is -2.31. The Balaban J connectivity index is 1.64. The van der Waals surface area contributed by atoms with E-state index in [1.54, 1.807) is 17.1 Å². The molecule has 0 saturated carbocycles. The summed E-state index contributed by atoms with van der Waals surface area (Å²) in [6, 6.07) is 14.2. The van der Waals surface area contributed by atoms with Gasteiger partial charge >= 0.3 is 4.87 Å². The maximum absolute atomic E-state index is 12.2. The molecule has 1 heterocycles. The first-order valence-electron chi connectivity index (χ1n) is 8.22. The normalized spacial score (nSPS) is 10.7. The average molecular weight is 385 g/mol. The molecular formula is C20H20N2O2S2. The van der Waals surface area contributed by atoms with Crippen LogP contribution in [0.4, 0.5) is 5.69 Å². The Morgan fingerprint density at radius 2 is 1.85 bits per heavy atom. The highest BCUT2D eigenvalue weighted by Crippen LogP contribution is 2.31. The number of hydrogen-bond donors (Lipinski definition) is 1. The first-order valence-corrected chi connectivity index (χ1v) is 9.92. The molecule has 0 spiro atoms. The van der Waals surface area contributed by atoms with Crippen LogP contribution in [0.1, 0.15) is 16.8 Å². The van der Waals surface area contributed by atoms with Crippen LogP contribution in [0, 0.1) is 20.8 Å². The smallest absolute Gasteiger partial charge is 0.307 e. The number of carbonyl (C=O) groups excluding carboxylic acids is 1. The van der Waals surface area contributed by atoms with E-state index < -0.39 is 0 Å². The van der Waals surface area contributed by atoms with Gasteiger partial charge in [0.1, 0.15) is 6.54 Å². The molecule has 0 aliphatic heterocycles. The highest BCUT2D eigenvalue weighted by molar-refractivity contribution is 7.99. The van der Waals surface area contributed by atoms with Gasteiger partial charge in [-0.1, -0.05) is 40.8 Å². The van der Waals surface area contributed by atoms with Gasteiger partial charge in [0, 0.05) is 26.6 Å². The number of anilines is 1. The molecule has 0 bridgehead atoms. The fourth-order valence-electron chi connectivity index (χ4n) is 2.59. The largest absolute Gasteiger partial charge is 0.325 e. The average Bonchev–Trinajstić information content (AvgIpc) is 2.91. The minimum Gasteiger partial charge on any atom is -0.325 e. The molecule has 0 unspecified atom stereocenters. The van der Waals surface area contributed by atoms with Crippen molar-refractivity contribution >= 4 is 34.7 Å². The van der Waals surface area contributed by atoms with Crippen molar-refractivity contribution in [3.8, 4) is 0 Å². The summed E-state index contributed by atoms with van der Waals surface area (Å²) in [6.07, 6.45) is 0. The van der Waals surface area contributed by atoms with E-state index in [-0.39, 0.29) is 17.3 Å². The van der Waals surface area contributed by atoms with Gasteiger partial charge in [-0.2, -0.15) is 0 Å². The van der Waals surface area contributed by atoms with Crippen molar-refractivity contribution in [3.05, 3.63) is 74.3 Å². The lowest BCUT2D eigenvalue weighted by Gasteiger charge is -2.09. The monoisotopic (exact) mass is 384 g/mol. The summed E-state index contributed by atoms with van der Waals surface area (Å²) in [5.74, 6) is -0.205. The Bertz CT molecular complexity index is 988. The highest BCUT2D eigenvalue weighted by Gasteiger charge is 2.09. The summed E-state index contributed by atoms with van der Waals surface area (Å²) in [7, 11) is 0. The molecule has 3 aromatic rings. The summed E-state index contributed by atoms with van der Waals surface area (Å²) in [6.45, 7) is 6.06. The number of aromatic nitrogens is 1. The second kappa shape index (κ2) is 7.93. The van der Waals surface area contributed by atoms with Crippen LogP contribution in [0.3, 0.4) is 0 Å². The van der Waals surface area contributed by atoms with Gasteiger partial charge in [0.05, 0.1) is 0 Å². The van der Waals surface area contributed by atoms with E-state index in [1.165, 1.54) is 20.6 Å². The van der Waals surface area contributed by atoms with Crippen LogP contribution in [0.25, 0.3) is 0 Å². The van der Waals surface area contributed by atoms with Crippen molar-refractivity contribution in [1.29, 1.82) is 0 Å². The Labute approximate surface area is 160 Å². The number of amides is 1. The van der Waals surface area contributed by atoms with E-state index in [0.29, 0.717) is 0 Å². The van der Waals surface area contributed by atoms with Crippen LogP contribution >= 0.6 is 23.1 Å². The van der Waals surface area contributed by atoms with Gasteiger partial charge in [0.15, 0.2) is 0 Å². The van der Waals surface area contributed by atoms with Crippen molar-refractivity contribution in [2.24, 2.45) is 0 Å². The predicted molar refractivity (Wildman–Crippen MR) is 108 cm³/mol. The number of rotatable bonds is 5. The number of benzene rings is 2. The minimum absolute atomic E-state index is 0.0349. The minimum atomic E-state index is -0.205. The zero-order valence-electron chi connectivity index (χ0n) is 14.9. The summed E-state index contributed by atoms with van der Waals surface area (Å²) < 4.78 is 1.48. The standard InChI is InChI=1S/C20H20N2O2S2/c1-13-4-9-18(14(2)10-13)26-17-7-5-16(6-8-17)21-19(23)11-22-15(3)12-25-20(22)24/h4-10,12H,11H2,1-3H3,(H,21,23). The fraction of sp³-hybridized carbons (Fsp3) is 0.200. The van der Waals surface area contributed by atoms with Crippen molar-refractivity contribution in [3.63, 3.8) is 0 Å². The molecule has 134 valence electrons. The fourth-order valence-corrected chi connectivity index (χ4v) is 4.20. The third-order valence-corrected chi connectivity index (χ3v) is 6.04. The highest BCUT2D eigenvalue weighted by atomic mass is 32.2. The number of aryl methyl sites for hydroxylation is 3. The van der Waals surface area contributed by atoms with Gasteiger partial charge < -0.3 is 5.32 Å². The van der Waals surface area contributed by atoms with Gasteiger partial charge in [-0.15, -0.1) is 0 Å². The van der Waals surface area contributed by atoms with Crippen molar-refractivity contribution < 1.29 is 4.79 Å². The Morgan fingerprint density at radius 1 is 1.12 bits per heavy atom. The van der Waals surface area contributed by atoms with Gasteiger partial charge in [0.25, 0.3) is 0 Å². The summed E-state index contributed by atoms with van der Waals surface area (Å²) in [4.78, 5) is 26.1. The van der Waals surface area contributed by atoms with Crippen LogP contribution in [0.5, 0.6) is 0 Å². The molecule has 0 fully saturated rings. The number of hydrogen-bond acceptors (Lipinski definition) is 4. The lowest BCUT2D eigenvalue weighted by molar-refractivity contribution is -0.116. The van der Waals surface area contributed by atoms with E-state index in [4.69, 9.17) is 0 Å². The summed E-state index contributed by atoms with van der Waals surface area (Å²) in [5, 5.41) is 4.60. The van der Waals surface area contributed by atoms with E-state index in [1.807, 2.05) is 31.2 Å². The predicted octanol–water partition coefficient (Wildman–Crippen LogP) is 4.62. The van der Waals surface area contributed by atoms with Crippen molar-refractivity contribution in [2.45, 2.75) is 37.1 Å².